The molecule has 4 nitrogen and oxygen atoms in total. The number of esters is 1. The fourth-order valence-electron chi connectivity index (χ4n) is 1.21. The lowest BCUT2D eigenvalue weighted by Crippen LogP contribution is -2.05. The zero-order valence-electron chi connectivity index (χ0n) is 9.30. The molecule has 0 radical (unpaired) electrons. The Labute approximate surface area is 99.4 Å². The molecule has 0 spiro atoms. The Morgan fingerprint density at radius 3 is 2.82 bits per heavy atom. The van der Waals surface area contributed by atoms with Crippen molar-refractivity contribution in [2.24, 2.45) is 0 Å². The predicted octanol–water partition coefficient (Wildman–Crippen LogP) is 2.03. The number of rotatable bonds is 3. The summed E-state index contributed by atoms with van der Waals surface area (Å²) in [6.07, 6.45) is 1.40. The van der Waals surface area contributed by atoms with Gasteiger partial charge in [0.1, 0.15) is 11.6 Å². The molecule has 0 aromatic heterocycles. The number of benzene rings is 1. The number of ether oxygens (including phenoxy) is 1. The van der Waals surface area contributed by atoms with Crippen LogP contribution in [0.3, 0.4) is 0 Å². The lowest BCUT2D eigenvalue weighted by Gasteiger charge is -1.99. The van der Waals surface area contributed by atoms with Gasteiger partial charge in [-0.25, -0.2) is 4.79 Å². The maximum Gasteiger partial charge on any atom is 0.348 e. The van der Waals surface area contributed by atoms with Crippen molar-refractivity contribution >= 4 is 12.0 Å². The molecule has 0 aliphatic carbocycles. The van der Waals surface area contributed by atoms with Crippen LogP contribution in [0.5, 0.6) is 0 Å². The van der Waals surface area contributed by atoms with Gasteiger partial charge in [0.15, 0.2) is 0 Å². The molecule has 0 bridgehead atoms. The molecule has 0 unspecified atom stereocenters. The van der Waals surface area contributed by atoms with Crippen LogP contribution in [0.15, 0.2) is 29.8 Å². The van der Waals surface area contributed by atoms with Crippen molar-refractivity contribution < 1.29 is 9.53 Å². The SMILES string of the molecule is CCOC(=O)C(C#N)=Cc1cccc(C#N)c1. The first-order valence-corrected chi connectivity index (χ1v) is 5.00. The van der Waals surface area contributed by atoms with Gasteiger partial charge in [-0.2, -0.15) is 10.5 Å². The predicted molar refractivity (Wildman–Crippen MR) is 61.4 cm³/mol. The summed E-state index contributed by atoms with van der Waals surface area (Å²) in [6, 6.07) is 10.4. The lowest BCUT2D eigenvalue weighted by molar-refractivity contribution is -0.137. The van der Waals surface area contributed by atoms with Gasteiger partial charge in [-0.05, 0) is 30.7 Å². The number of hydrogen-bond acceptors (Lipinski definition) is 4. The zero-order valence-corrected chi connectivity index (χ0v) is 9.30. The van der Waals surface area contributed by atoms with E-state index in [1.807, 2.05) is 6.07 Å². The maximum absolute atomic E-state index is 11.4. The van der Waals surface area contributed by atoms with Crippen LogP contribution in [-0.2, 0) is 9.53 Å². The normalized spacial score (nSPS) is 10.2. The largest absolute Gasteiger partial charge is 0.462 e. The second-order valence-electron chi connectivity index (χ2n) is 3.13. The van der Waals surface area contributed by atoms with Crippen molar-refractivity contribution in [1.29, 1.82) is 10.5 Å². The highest BCUT2D eigenvalue weighted by Gasteiger charge is 2.09. The van der Waals surface area contributed by atoms with E-state index >= 15 is 0 Å². The van der Waals surface area contributed by atoms with E-state index in [0.717, 1.165) is 0 Å². The molecule has 1 aromatic carbocycles. The Morgan fingerprint density at radius 1 is 1.47 bits per heavy atom. The van der Waals surface area contributed by atoms with Gasteiger partial charge in [-0.3, -0.25) is 0 Å². The third-order valence-electron chi connectivity index (χ3n) is 1.94. The van der Waals surface area contributed by atoms with Gasteiger partial charge in [-0.15, -0.1) is 0 Å². The average molecular weight is 226 g/mol. The van der Waals surface area contributed by atoms with E-state index in [9.17, 15) is 4.79 Å². The molecule has 0 aliphatic rings. The van der Waals surface area contributed by atoms with Crippen LogP contribution in [0, 0.1) is 22.7 Å². The van der Waals surface area contributed by atoms with Gasteiger partial charge < -0.3 is 4.74 Å². The van der Waals surface area contributed by atoms with E-state index in [-0.39, 0.29) is 12.2 Å². The van der Waals surface area contributed by atoms with Crippen LogP contribution in [0.2, 0.25) is 0 Å². The number of carbonyl (C=O) groups is 1. The number of nitriles is 2. The molecule has 0 saturated carbocycles. The molecule has 0 atom stereocenters. The van der Waals surface area contributed by atoms with E-state index in [1.165, 1.54) is 6.08 Å². The summed E-state index contributed by atoms with van der Waals surface area (Å²) >= 11 is 0. The van der Waals surface area contributed by atoms with Crippen molar-refractivity contribution in [1.82, 2.24) is 0 Å². The van der Waals surface area contributed by atoms with Gasteiger partial charge in [0, 0.05) is 0 Å². The van der Waals surface area contributed by atoms with Crippen molar-refractivity contribution in [3.8, 4) is 12.1 Å². The fourth-order valence-corrected chi connectivity index (χ4v) is 1.21. The molecule has 0 heterocycles. The molecule has 0 fully saturated rings. The third-order valence-corrected chi connectivity index (χ3v) is 1.94. The fraction of sp³-hybridized carbons (Fsp3) is 0.154. The smallest absolute Gasteiger partial charge is 0.348 e. The lowest BCUT2D eigenvalue weighted by atomic mass is 10.1. The Hall–Kier alpha value is -2.59. The first-order valence-electron chi connectivity index (χ1n) is 5.00. The van der Waals surface area contributed by atoms with Gasteiger partial charge in [0.2, 0.25) is 0 Å². The minimum Gasteiger partial charge on any atom is -0.462 e. The highest BCUT2D eigenvalue weighted by molar-refractivity contribution is 5.97. The van der Waals surface area contributed by atoms with Gasteiger partial charge in [-0.1, -0.05) is 12.1 Å². The van der Waals surface area contributed by atoms with Crippen molar-refractivity contribution in [2.45, 2.75) is 6.92 Å². The zero-order chi connectivity index (χ0) is 12.7. The van der Waals surface area contributed by atoms with E-state index in [2.05, 4.69) is 0 Å². The summed E-state index contributed by atoms with van der Waals surface area (Å²) < 4.78 is 4.73. The molecule has 0 amide bonds. The minimum atomic E-state index is -0.655. The summed E-state index contributed by atoms with van der Waals surface area (Å²) in [4.78, 5) is 11.4. The first kappa shape index (κ1) is 12.5. The van der Waals surface area contributed by atoms with Crippen LogP contribution >= 0.6 is 0 Å². The van der Waals surface area contributed by atoms with Crippen molar-refractivity contribution in [3.05, 3.63) is 41.0 Å². The summed E-state index contributed by atoms with van der Waals surface area (Å²) in [5.41, 5.74) is 1.01. The van der Waals surface area contributed by atoms with E-state index in [4.69, 9.17) is 15.3 Å². The molecule has 1 rings (SSSR count). The van der Waals surface area contributed by atoms with Crippen LogP contribution in [0.1, 0.15) is 18.1 Å². The standard InChI is InChI=1S/C13H10N2O2/c1-2-17-13(16)12(9-15)7-10-4-3-5-11(6-10)8-14/h3-7H,2H2,1H3. The van der Waals surface area contributed by atoms with Crippen LogP contribution < -0.4 is 0 Å². The molecule has 1 aromatic rings. The Morgan fingerprint density at radius 2 is 2.24 bits per heavy atom. The van der Waals surface area contributed by atoms with Crippen LogP contribution in [-0.4, -0.2) is 12.6 Å². The molecule has 0 saturated heterocycles. The highest BCUT2D eigenvalue weighted by Crippen LogP contribution is 2.10. The number of carbonyl (C=O) groups excluding carboxylic acids is 1. The quantitative estimate of drug-likeness (QED) is 0.449. The van der Waals surface area contributed by atoms with Gasteiger partial charge in [0.05, 0.1) is 18.2 Å². The highest BCUT2D eigenvalue weighted by atomic mass is 16.5. The first-order chi connectivity index (χ1) is 8.21. The second-order valence-corrected chi connectivity index (χ2v) is 3.13. The summed E-state index contributed by atoms with van der Waals surface area (Å²) in [5, 5.41) is 17.5. The van der Waals surface area contributed by atoms with Crippen molar-refractivity contribution in [3.63, 3.8) is 0 Å². The van der Waals surface area contributed by atoms with Crippen molar-refractivity contribution in [2.75, 3.05) is 6.61 Å². The third kappa shape index (κ3) is 3.48. The van der Waals surface area contributed by atoms with E-state index in [0.29, 0.717) is 11.1 Å². The number of nitrogens with zero attached hydrogens (tertiary/aromatic N) is 2. The molecular formula is C13H10N2O2. The van der Waals surface area contributed by atoms with E-state index < -0.39 is 5.97 Å². The molecule has 4 heteroatoms. The maximum atomic E-state index is 11.4. The molecular weight excluding hydrogens is 216 g/mol. The monoisotopic (exact) mass is 226 g/mol. The van der Waals surface area contributed by atoms with Gasteiger partial charge >= 0.3 is 5.97 Å². The molecule has 0 N–H and O–H groups in total. The van der Waals surface area contributed by atoms with Crippen LogP contribution in [0.4, 0.5) is 0 Å². The van der Waals surface area contributed by atoms with Gasteiger partial charge in [0.25, 0.3) is 0 Å². The molecule has 84 valence electrons. The summed E-state index contributed by atoms with van der Waals surface area (Å²) in [6.45, 7) is 1.89. The Kier molecular flexibility index (Phi) is 4.47. The van der Waals surface area contributed by atoms with Crippen LogP contribution in [0.25, 0.3) is 6.08 Å². The minimum absolute atomic E-state index is 0.0815. The topological polar surface area (TPSA) is 73.9 Å². The number of hydrogen-bond donors (Lipinski definition) is 0. The second kappa shape index (κ2) is 6.09. The Bertz CT molecular complexity index is 533. The average Bonchev–Trinajstić information content (AvgIpc) is 2.36. The molecule has 17 heavy (non-hydrogen) atoms. The Balaban J connectivity index is 3.04. The summed E-state index contributed by atoms with van der Waals surface area (Å²) in [5.74, 6) is -0.655. The summed E-state index contributed by atoms with van der Waals surface area (Å²) in [7, 11) is 0. The molecule has 0 aliphatic heterocycles. The van der Waals surface area contributed by atoms with E-state index in [1.54, 1.807) is 37.3 Å².